The first kappa shape index (κ1) is 87.5. The van der Waals surface area contributed by atoms with Crippen molar-refractivity contribution in [2.45, 2.75) is 373 Å². The van der Waals surface area contributed by atoms with Gasteiger partial charge in [0.1, 0.15) is 13.2 Å². The number of quaternary nitrogens is 1. The molecule has 9 heteroatoms. The molecular formula is C82H147NO8. The summed E-state index contributed by atoms with van der Waals surface area (Å²) in [4.78, 5) is 37.6. The molecule has 0 aromatic carbocycles. The Bertz CT molecular complexity index is 1770. The van der Waals surface area contributed by atoms with Crippen LogP contribution in [-0.2, 0) is 33.3 Å². The van der Waals surface area contributed by atoms with E-state index < -0.39 is 24.3 Å². The van der Waals surface area contributed by atoms with Crippen LogP contribution in [-0.4, -0.2) is 82.3 Å². The van der Waals surface area contributed by atoms with Crippen LogP contribution in [0.5, 0.6) is 0 Å². The van der Waals surface area contributed by atoms with Gasteiger partial charge in [-0.25, -0.2) is 0 Å². The second-order valence-electron chi connectivity index (χ2n) is 27.3. The number of esters is 2. The Morgan fingerprint density at radius 3 is 0.934 bits per heavy atom. The minimum absolute atomic E-state index is 0.148. The molecule has 0 N–H and O–H groups in total. The number of unbranched alkanes of at least 4 members (excludes halogenated alkanes) is 43. The lowest BCUT2D eigenvalue weighted by atomic mass is 10.0. The Morgan fingerprint density at radius 1 is 0.341 bits per heavy atom. The van der Waals surface area contributed by atoms with Gasteiger partial charge in [0.2, 0.25) is 0 Å². The van der Waals surface area contributed by atoms with Gasteiger partial charge in [0, 0.05) is 12.8 Å². The Labute approximate surface area is 563 Å². The minimum Gasteiger partial charge on any atom is -0.545 e. The van der Waals surface area contributed by atoms with Crippen LogP contribution < -0.4 is 5.11 Å². The summed E-state index contributed by atoms with van der Waals surface area (Å²) in [6.07, 6.45) is 95.5. The predicted octanol–water partition coefficient (Wildman–Crippen LogP) is 23.3. The molecule has 0 aromatic rings. The van der Waals surface area contributed by atoms with Crippen LogP contribution in [0.25, 0.3) is 0 Å². The van der Waals surface area contributed by atoms with E-state index in [9.17, 15) is 19.5 Å². The number of allylic oxidation sites excluding steroid dienone is 14. The zero-order valence-electron chi connectivity index (χ0n) is 60.5. The normalized spacial score (nSPS) is 13.1. The van der Waals surface area contributed by atoms with Gasteiger partial charge in [0.15, 0.2) is 12.4 Å². The van der Waals surface area contributed by atoms with Crippen LogP contribution in [0.4, 0.5) is 0 Å². The number of hydrogen-bond donors (Lipinski definition) is 0. The van der Waals surface area contributed by atoms with E-state index in [0.717, 1.165) is 83.5 Å². The number of aliphatic carboxylic acids is 1. The van der Waals surface area contributed by atoms with Gasteiger partial charge in [0.25, 0.3) is 0 Å². The quantitative estimate of drug-likeness (QED) is 0.0195. The third-order valence-corrected chi connectivity index (χ3v) is 17.2. The highest BCUT2D eigenvalue weighted by molar-refractivity contribution is 5.70. The van der Waals surface area contributed by atoms with Gasteiger partial charge in [-0.2, -0.15) is 0 Å². The smallest absolute Gasteiger partial charge is 0.306 e. The molecule has 0 bridgehead atoms. The maximum atomic E-state index is 13.0. The lowest BCUT2D eigenvalue weighted by Gasteiger charge is -2.26. The third-order valence-electron chi connectivity index (χ3n) is 17.2. The van der Waals surface area contributed by atoms with Crippen LogP contribution in [0, 0.1) is 0 Å². The Kier molecular flexibility index (Phi) is 69.5. The lowest BCUT2D eigenvalue weighted by Crippen LogP contribution is -2.44. The largest absolute Gasteiger partial charge is 0.545 e. The van der Waals surface area contributed by atoms with Gasteiger partial charge in [-0.1, -0.05) is 362 Å². The summed E-state index contributed by atoms with van der Waals surface area (Å²) in [7, 11) is 5.94. The summed E-state index contributed by atoms with van der Waals surface area (Å²) < 4.78 is 22.9. The number of carbonyl (C=O) groups excluding carboxylic acids is 3. The SMILES string of the molecule is CC/C=C\C/C=C\C/C=C\C/C=C\C/C=C\C/C=C\C/C=C\CCCCCCCCCCCCCCCCCC(=O)OC(COC(=O)CCCCCCCCCCCCCCCCCCCCCCCCCCCCCCC)COC(OCC[N+](C)(C)C)C(=O)[O-]. The molecule has 0 heterocycles. The molecule has 0 aromatic heterocycles. The number of hydrogen-bond acceptors (Lipinski definition) is 8. The van der Waals surface area contributed by atoms with E-state index in [-0.39, 0.29) is 32.2 Å². The Hall–Kier alpha value is -3.53. The summed E-state index contributed by atoms with van der Waals surface area (Å²) in [5.41, 5.74) is 0. The van der Waals surface area contributed by atoms with E-state index in [0.29, 0.717) is 23.9 Å². The molecule has 0 saturated heterocycles. The molecular weight excluding hydrogens is 1130 g/mol. The van der Waals surface area contributed by atoms with Gasteiger partial charge < -0.3 is 33.3 Å². The predicted molar refractivity (Wildman–Crippen MR) is 389 cm³/mol. The average molecular weight is 1280 g/mol. The highest BCUT2D eigenvalue weighted by Crippen LogP contribution is 2.19. The highest BCUT2D eigenvalue weighted by atomic mass is 16.7. The number of likely N-dealkylation sites (N-methyl/N-ethyl adjacent to an activating group) is 1. The fourth-order valence-electron chi connectivity index (χ4n) is 11.3. The summed E-state index contributed by atoms with van der Waals surface area (Å²) in [5.74, 6) is -2.26. The molecule has 91 heavy (non-hydrogen) atoms. The summed E-state index contributed by atoms with van der Waals surface area (Å²) in [6.45, 7) is 4.69. The molecule has 9 nitrogen and oxygen atoms in total. The van der Waals surface area contributed by atoms with Gasteiger partial charge in [-0.05, 0) is 70.6 Å². The first-order valence-electron chi connectivity index (χ1n) is 38.7. The van der Waals surface area contributed by atoms with Crippen molar-refractivity contribution in [3.63, 3.8) is 0 Å². The van der Waals surface area contributed by atoms with Crippen molar-refractivity contribution in [1.82, 2.24) is 0 Å². The van der Waals surface area contributed by atoms with Crippen molar-refractivity contribution in [1.29, 1.82) is 0 Å². The number of carboxylic acid groups (broad SMARTS) is 1. The molecule has 0 spiro atoms. The van der Waals surface area contributed by atoms with E-state index in [1.165, 1.54) is 244 Å². The van der Waals surface area contributed by atoms with Crippen LogP contribution in [0.2, 0.25) is 0 Å². The van der Waals surface area contributed by atoms with Crippen molar-refractivity contribution in [2.24, 2.45) is 0 Å². The zero-order valence-corrected chi connectivity index (χ0v) is 60.5. The second-order valence-corrected chi connectivity index (χ2v) is 27.3. The zero-order chi connectivity index (χ0) is 66.1. The van der Waals surface area contributed by atoms with Crippen molar-refractivity contribution < 1.29 is 42.9 Å². The van der Waals surface area contributed by atoms with Gasteiger partial charge in [-0.15, -0.1) is 0 Å². The Balaban J connectivity index is 4.04. The minimum atomic E-state index is -1.62. The molecule has 2 atom stereocenters. The molecule has 0 aliphatic carbocycles. The average Bonchev–Trinajstić information content (AvgIpc) is 3.50. The number of ether oxygens (including phenoxy) is 4. The van der Waals surface area contributed by atoms with Crippen LogP contribution in [0.3, 0.4) is 0 Å². The maximum absolute atomic E-state index is 13.0. The monoisotopic (exact) mass is 1270 g/mol. The summed E-state index contributed by atoms with van der Waals surface area (Å²) in [5, 5.41) is 11.9. The lowest BCUT2D eigenvalue weighted by molar-refractivity contribution is -0.870. The topological polar surface area (TPSA) is 111 Å². The molecule has 528 valence electrons. The summed E-state index contributed by atoms with van der Waals surface area (Å²) in [6, 6.07) is 0. The molecule has 0 saturated carbocycles. The molecule has 0 amide bonds. The highest BCUT2D eigenvalue weighted by Gasteiger charge is 2.22. The van der Waals surface area contributed by atoms with Crippen molar-refractivity contribution in [2.75, 3.05) is 47.5 Å². The first-order chi connectivity index (χ1) is 44.6. The van der Waals surface area contributed by atoms with Gasteiger partial charge >= 0.3 is 11.9 Å². The van der Waals surface area contributed by atoms with Gasteiger partial charge in [-0.3, -0.25) is 9.59 Å². The molecule has 2 unspecified atom stereocenters. The van der Waals surface area contributed by atoms with Crippen LogP contribution in [0.15, 0.2) is 85.1 Å². The Morgan fingerprint density at radius 2 is 0.626 bits per heavy atom. The molecule has 0 aliphatic heterocycles. The van der Waals surface area contributed by atoms with E-state index >= 15 is 0 Å². The second kappa shape index (κ2) is 72.3. The third kappa shape index (κ3) is 73.7. The van der Waals surface area contributed by atoms with Crippen molar-refractivity contribution in [3.8, 4) is 0 Å². The fourth-order valence-corrected chi connectivity index (χ4v) is 11.3. The van der Waals surface area contributed by atoms with Gasteiger partial charge in [0.05, 0.1) is 40.3 Å². The fraction of sp³-hybridized carbons (Fsp3) is 0.793. The molecule has 0 rings (SSSR count). The number of carbonyl (C=O) groups is 3. The molecule has 0 fully saturated rings. The molecule has 0 aliphatic rings. The first-order valence-corrected chi connectivity index (χ1v) is 38.7. The number of rotatable bonds is 72. The van der Waals surface area contributed by atoms with Crippen molar-refractivity contribution in [3.05, 3.63) is 85.1 Å². The number of carboxylic acids is 1. The van der Waals surface area contributed by atoms with E-state index in [1.54, 1.807) is 0 Å². The van der Waals surface area contributed by atoms with E-state index in [4.69, 9.17) is 18.9 Å². The van der Waals surface area contributed by atoms with Crippen LogP contribution >= 0.6 is 0 Å². The van der Waals surface area contributed by atoms with E-state index in [1.807, 2.05) is 21.1 Å². The van der Waals surface area contributed by atoms with Crippen molar-refractivity contribution >= 4 is 17.9 Å². The summed E-state index contributed by atoms with van der Waals surface area (Å²) >= 11 is 0. The number of nitrogens with zero attached hydrogens (tertiary/aromatic N) is 1. The maximum Gasteiger partial charge on any atom is 0.306 e. The molecule has 0 radical (unpaired) electrons. The van der Waals surface area contributed by atoms with E-state index in [2.05, 4.69) is 98.9 Å². The van der Waals surface area contributed by atoms with Crippen LogP contribution in [0.1, 0.15) is 361 Å². The standard InChI is InChI=1S/C82H147NO8/c1-6-8-10-12-14-16-18-20-22-24-26-28-30-32-34-36-37-38-39-40-41-42-43-45-47-49-51-53-55-57-59-61-63-65-67-69-71-73-80(85)91-78(77-90-82(81(86)87)88-75-74-83(3,4)5)76-89-79(84)72-70-68-66-64-62-60-58-56-54-52-50-48-46-44-35-33-31-29-27-25-23-21-19-17-15-13-11-9-7-2/h8,10,14,16,20,22,26,28,32,34,37-38,40-41,78,82H,6-7,9,11-13,15,17-19,21,23-25,27,29-31,33,35-36,39,42-77H2,1-5H3/b10-8-,16-14-,22-20-,28-26-,34-32-,38-37-,41-40-.